The van der Waals surface area contributed by atoms with Gasteiger partial charge in [-0.2, -0.15) is 0 Å². The summed E-state index contributed by atoms with van der Waals surface area (Å²) in [6, 6.07) is 4.06. The number of hydrogen-bond donors (Lipinski definition) is 2. The van der Waals surface area contributed by atoms with Gasteiger partial charge in [-0.1, -0.05) is 6.92 Å². The summed E-state index contributed by atoms with van der Waals surface area (Å²) in [7, 11) is 0. The number of amides is 1. The third-order valence-electron chi connectivity index (χ3n) is 4.09. The number of carbonyl (C=O) groups excluding carboxylic acids is 1. The van der Waals surface area contributed by atoms with Crippen LogP contribution in [0.2, 0.25) is 0 Å². The molecule has 4 nitrogen and oxygen atoms in total. The topological polar surface area (TPSA) is 54.0 Å². The van der Waals surface area contributed by atoms with Gasteiger partial charge < -0.3 is 10.6 Å². The van der Waals surface area contributed by atoms with Gasteiger partial charge in [0.25, 0.3) is 0 Å². The van der Waals surface area contributed by atoms with Crippen molar-refractivity contribution in [3.63, 3.8) is 0 Å². The molecule has 1 aliphatic rings. The Kier molecular flexibility index (Phi) is 11.2. The van der Waals surface area contributed by atoms with E-state index in [1.807, 2.05) is 12.1 Å². The number of nitrogens with one attached hydrogen (secondary N) is 2. The van der Waals surface area contributed by atoms with Crippen molar-refractivity contribution in [2.45, 2.75) is 45.1 Å². The molecule has 1 aliphatic heterocycles. The molecule has 2 N–H and O–H groups in total. The Labute approximate surface area is 145 Å². The molecule has 2 rings (SSSR count). The lowest BCUT2D eigenvalue weighted by molar-refractivity contribution is -0.122. The van der Waals surface area contributed by atoms with E-state index >= 15 is 0 Å². The van der Waals surface area contributed by atoms with E-state index < -0.39 is 0 Å². The summed E-state index contributed by atoms with van der Waals surface area (Å²) in [6.07, 6.45) is 8.53. The fourth-order valence-corrected chi connectivity index (χ4v) is 2.79. The zero-order valence-corrected chi connectivity index (χ0v) is 14.7. The molecule has 1 saturated heterocycles. The molecule has 0 spiro atoms. The zero-order chi connectivity index (χ0) is 14.2. The molecule has 1 amide bonds. The number of hydrogen-bond acceptors (Lipinski definition) is 3. The second-order valence-electron chi connectivity index (χ2n) is 5.54. The highest BCUT2D eigenvalue weighted by molar-refractivity contribution is 5.85. The van der Waals surface area contributed by atoms with Gasteiger partial charge >= 0.3 is 0 Å². The molecule has 0 bridgehead atoms. The van der Waals surface area contributed by atoms with Gasteiger partial charge in [0, 0.05) is 18.8 Å². The number of nitrogens with zero attached hydrogens (tertiary/aromatic N) is 1. The summed E-state index contributed by atoms with van der Waals surface area (Å²) in [5.41, 5.74) is 1.14. The predicted octanol–water partition coefficient (Wildman–Crippen LogP) is 3.27. The number of rotatable bonds is 6. The minimum atomic E-state index is 0. The standard InChI is InChI=1S/C16H25N3O.2ClH/c1-2-15(14-7-11-18-12-8-14)19-16(20)4-3-13-5-9-17-10-6-13;;/h7-8,11-13,15,17H,2-6,9-10H2,1H3,(H,19,20);2*1H. The van der Waals surface area contributed by atoms with Crippen LogP contribution in [-0.2, 0) is 4.79 Å². The van der Waals surface area contributed by atoms with E-state index in [2.05, 4.69) is 22.5 Å². The summed E-state index contributed by atoms with van der Waals surface area (Å²) in [5, 5.41) is 6.50. The van der Waals surface area contributed by atoms with Crippen LogP contribution < -0.4 is 10.6 Å². The summed E-state index contributed by atoms with van der Waals surface area (Å²) >= 11 is 0. The maximum Gasteiger partial charge on any atom is 0.220 e. The van der Waals surface area contributed by atoms with Crippen LogP contribution in [0.4, 0.5) is 0 Å². The van der Waals surface area contributed by atoms with Crippen molar-refractivity contribution in [3.05, 3.63) is 30.1 Å². The number of halogens is 2. The van der Waals surface area contributed by atoms with Crippen LogP contribution in [0.25, 0.3) is 0 Å². The maximum atomic E-state index is 12.1. The minimum absolute atomic E-state index is 0. The average molecular weight is 348 g/mol. The summed E-state index contributed by atoms with van der Waals surface area (Å²) in [4.78, 5) is 16.1. The smallest absolute Gasteiger partial charge is 0.220 e. The van der Waals surface area contributed by atoms with Gasteiger partial charge in [0.05, 0.1) is 6.04 Å². The van der Waals surface area contributed by atoms with Crippen molar-refractivity contribution in [2.75, 3.05) is 13.1 Å². The minimum Gasteiger partial charge on any atom is -0.349 e. The van der Waals surface area contributed by atoms with E-state index in [4.69, 9.17) is 0 Å². The Balaban J connectivity index is 0.00000220. The first-order valence-corrected chi connectivity index (χ1v) is 7.69. The number of piperidine rings is 1. The Hall–Kier alpha value is -0.840. The van der Waals surface area contributed by atoms with Gasteiger partial charge in [0.15, 0.2) is 0 Å². The van der Waals surface area contributed by atoms with Crippen LogP contribution in [0.5, 0.6) is 0 Å². The first-order valence-electron chi connectivity index (χ1n) is 7.69. The molecule has 2 heterocycles. The number of pyridine rings is 1. The molecule has 1 aromatic rings. The Morgan fingerprint density at radius 1 is 1.32 bits per heavy atom. The third-order valence-corrected chi connectivity index (χ3v) is 4.09. The van der Waals surface area contributed by atoms with Gasteiger partial charge in [-0.3, -0.25) is 9.78 Å². The lowest BCUT2D eigenvalue weighted by atomic mass is 9.93. The van der Waals surface area contributed by atoms with Crippen molar-refractivity contribution >= 4 is 30.7 Å². The first-order chi connectivity index (χ1) is 9.79. The van der Waals surface area contributed by atoms with Crippen LogP contribution in [0, 0.1) is 5.92 Å². The number of aromatic nitrogens is 1. The molecule has 1 atom stereocenters. The van der Waals surface area contributed by atoms with Crippen LogP contribution in [0.3, 0.4) is 0 Å². The molecule has 0 aromatic carbocycles. The molecule has 22 heavy (non-hydrogen) atoms. The summed E-state index contributed by atoms with van der Waals surface area (Å²) < 4.78 is 0. The monoisotopic (exact) mass is 347 g/mol. The first kappa shape index (κ1) is 21.2. The van der Waals surface area contributed by atoms with E-state index in [9.17, 15) is 4.79 Å². The summed E-state index contributed by atoms with van der Waals surface area (Å²) in [5.74, 6) is 0.884. The van der Waals surface area contributed by atoms with Crippen molar-refractivity contribution in [1.82, 2.24) is 15.6 Å². The Bertz CT molecular complexity index is 411. The number of carbonyl (C=O) groups is 1. The molecule has 0 radical (unpaired) electrons. The lowest BCUT2D eigenvalue weighted by Crippen LogP contribution is -2.31. The molecular weight excluding hydrogens is 321 g/mol. The second-order valence-corrected chi connectivity index (χ2v) is 5.54. The lowest BCUT2D eigenvalue weighted by Gasteiger charge is -2.23. The van der Waals surface area contributed by atoms with Gasteiger partial charge in [-0.15, -0.1) is 24.8 Å². The maximum absolute atomic E-state index is 12.1. The van der Waals surface area contributed by atoms with Crippen LogP contribution in [0.1, 0.15) is 50.6 Å². The molecule has 126 valence electrons. The van der Waals surface area contributed by atoms with Crippen LogP contribution in [0.15, 0.2) is 24.5 Å². The third kappa shape index (κ3) is 6.95. The SMILES string of the molecule is CCC(NC(=O)CCC1CCNCC1)c1ccncc1.Cl.Cl. The van der Waals surface area contributed by atoms with Gasteiger partial charge in [0.1, 0.15) is 0 Å². The largest absolute Gasteiger partial charge is 0.349 e. The van der Waals surface area contributed by atoms with Crippen molar-refractivity contribution < 1.29 is 4.79 Å². The highest BCUT2D eigenvalue weighted by Gasteiger charge is 2.16. The van der Waals surface area contributed by atoms with E-state index in [0.717, 1.165) is 31.5 Å². The van der Waals surface area contributed by atoms with E-state index in [0.29, 0.717) is 12.3 Å². The zero-order valence-electron chi connectivity index (χ0n) is 13.1. The van der Waals surface area contributed by atoms with E-state index in [-0.39, 0.29) is 36.8 Å². The van der Waals surface area contributed by atoms with Crippen molar-refractivity contribution in [3.8, 4) is 0 Å². The molecular formula is C16H27Cl2N3O. The van der Waals surface area contributed by atoms with E-state index in [1.165, 1.54) is 12.8 Å². The molecule has 0 aliphatic carbocycles. The average Bonchev–Trinajstić information content (AvgIpc) is 2.52. The van der Waals surface area contributed by atoms with Crippen LogP contribution in [-0.4, -0.2) is 24.0 Å². The second kappa shape index (κ2) is 11.7. The molecule has 6 heteroatoms. The molecule has 0 saturated carbocycles. The fourth-order valence-electron chi connectivity index (χ4n) is 2.79. The van der Waals surface area contributed by atoms with Gasteiger partial charge in [0.2, 0.25) is 5.91 Å². The van der Waals surface area contributed by atoms with Crippen molar-refractivity contribution in [1.29, 1.82) is 0 Å². The highest BCUT2D eigenvalue weighted by Crippen LogP contribution is 2.19. The Morgan fingerprint density at radius 2 is 1.95 bits per heavy atom. The Morgan fingerprint density at radius 3 is 2.55 bits per heavy atom. The predicted molar refractivity (Wildman–Crippen MR) is 94.7 cm³/mol. The normalized spacial score (nSPS) is 16.0. The fraction of sp³-hybridized carbons (Fsp3) is 0.625. The summed E-state index contributed by atoms with van der Waals surface area (Å²) in [6.45, 7) is 4.29. The molecule has 1 aromatic heterocycles. The highest BCUT2D eigenvalue weighted by atomic mass is 35.5. The molecule has 1 fully saturated rings. The van der Waals surface area contributed by atoms with E-state index in [1.54, 1.807) is 12.4 Å². The van der Waals surface area contributed by atoms with Gasteiger partial charge in [-0.25, -0.2) is 0 Å². The van der Waals surface area contributed by atoms with Gasteiger partial charge in [-0.05, 0) is 62.4 Å². The van der Waals surface area contributed by atoms with Crippen LogP contribution >= 0.6 is 24.8 Å². The van der Waals surface area contributed by atoms with Crippen molar-refractivity contribution in [2.24, 2.45) is 5.92 Å². The molecule has 1 unspecified atom stereocenters. The quantitative estimate of drug-likeness (QED) is 0.830.